The van der Waals surface area contributed by atoms with E-state index in [-0.39, 0.29) is 34.6 Å². The number of nitrogens with zero attached hydrogens (tertiary/aromatic N) is 5. The summed E-state index contributed by atoms with van der Waals surface area (Å²) in [5.41, 5.74) is 6.67. The zero-order chi connectivity index (χ0) is 37.5. The summed E-state index contributed by atoms with van der Waals surface area (Å²) < 4.78 is 21.6. The number of nitrogens with one attached hydrogen (secondary N) is 1. The number of H-pyrrole nitrogens is 1. The van der Waals surface area contributed by atoms with Crippen molar-refractivity contribution in [3.05, 3.63) is 75.5 Å². The van der Waals surface area contributed by atoms with Gasteiger partial charge in [-0.2, -0.15) is 5.10 Å². The van der Waals surface area contributed by atoms with Crippen molar-refractivity contribution in [2.24, 2.45) is 17.1 Å². The number of halogens is 1. The van der Waals surface area contributed by atoms with Gasteiger partial charge >= 0.3 is 0 Å². The summed E-state index contributed by atoms with van der Waals surface area (Å²) >= 11 is 0. The number of carbonyl (C=O) groups excluding carboxylic acids is 3. The molecule has 0 radical (unpaired) electrons. The molecule has 2 bridgehead atoms. The maximum Gasteiger partial charge on any atom is 0.272 e. The molecular formula is C41H52FN7O5. The Kier molecular flexibility index (Phi) is 10.3. The summed E-state index contributed by atoms with van der Waals surface area (Å²) in [6, 6.07) is 11.3. The fraction of sp³-hybridized carbons (Fsp3) is 0.585. The number of hydrogen-bond acceptors (Lipinski definition) is 8. The summed E-state index contributed by atoms with van der Waals surface area (Å²) in [6.45, 7) is 5.62. The fourth-order valence-electron chi connectivity index (χ4n) is 9.65. The molecule has 2 aliphatic carbocycles. The molecule has 12 nitrogen and oxygen atoms in total. The van der Waals surface area contributed by atoms with Gasteiger partial charge in [-0.05, 0) is 68.2 Å². The Bertz CT molecular complexity index is 1920. The van der Waals surface area contributed by atoms with Gasteiger partial charge in [-0.25, -0.2) is 9.49 Å². The van der Waals surface area contributed by atoms with Crippen molar-refractivity contribution in [1.29, 1.82) is 0 Å². The molecular weight excluding hydrogens is 689 g/mol. The first kappa shape index (κ1) is 36.8. The minimum absolute atomic E-state index is 0.0139. The van der Waals surface area contributed by atoms with Gasteiger partial charge in [0.2, 0.25) is 11.8 Å². The standard InChI is InChI=1S/C41H52FN7O5/c42-33-11-10-28(25-34-30-8-4-5-9-31(30)36(50)45-44-34)24-32(33)37(51)47-20-22-49(23-21-47)39(53)40-12-14-41(15-13-40,54-27-40)26-46-16-18-48(19-17-46)38(52)35(43)29-6-2-1-3-7-29/h4-5,8-11,24,29,35H,1-3,6-7,12-23,25-27,43H2,(H,45,50)/t35-,40?,41?/m1/s1. The highest BCUT2D eigenvalue weighted by atomic mass is 19.1. The summed E-state index contributed by atoms with van der Waals surface area (Å²) in [7, 11) is 0. The Morgan fingerprint density at radius 3 is 2.22 bits per heavy atom. The van der Waals surface area contributed by atoms with E-state index in [4.69, 9.17) is 10.5 Å². The van der Waals surface area contributed by atoms with E-state index in [1.165, 1.54) is 25.3 Å². The number of aromatic nitrogens is 2. The van der Waals surface area contributed by atoms with Gasteiger partial charge in [0.15, 0.2) is 0 Å². The largest absolute Gasteiger partial charge is 0.373 e. The second-order valence-corrected chi connectivity index (χ2v) is 16.4. The summed E-state index contributed by atoms with van der Waals surface area (Å²) in [6.07, 6.45) is 9.21. The molecule has 1 atom stereocenters. The lowest BCUT2D eigenvalue weighted by Crippen LogP contribution is -2.63. The van der Waals surface area contributed by atoms with Gasteiger partial charge in [-0.3, -0.25) is 24.1 Å². The van der Waals surface area contributed by atoms with Crippen molar-refractivity contribution >= 4 is 28.5 Å². The van der Waals surface area contributed by atoms with Crippen LogP contribution < -0.4 is 11.3 Å². The number of carbonyl (C=O) groups is 3. The highest BCUT2D eigenvalue weighted by Gasteiger charge is 2.55. The number of benzene rings is 2. The third-order valence-electron chi connectivity index (χ3n) is 13.1. The Balaban J connectivity index is 0.821. The van der Waals surface area contributed by atoms with Crippen molar-refractivity contribution in [2.75, 3.05) is 65.5 Å². The molecule has 3 N–H and O–H groups in total. The molecule has 4 saturated heterocycles. The van der Waals surface area contributed by atoms with Crippen LogP contribution in [0.4, 0.5) is 4.39 Å². The molecule has 6 fully saturated rings. The number of amides is 3. The molecule has 4 aliphatic heterocycles. The van der Waals surface area contributed by atoms with E-state index < -0.39 is 17.1 Å². The normalized spacial score (nSPS) is 25.9. The third-order valence-corrected chi connectivity index (χ3v) is 13.1. The number of rotatable bonds is 8. The second-order valence-electron chi connectivity index (χ2n) is 16.4. The molecule has 13 heteroatoms. The highest BCUT2D eigenvalue weighted by molar-refractivity contribution is 5.95. The Morgan fingerprint density at radius 2 is 1.54 bits per heavy atom. The van der Waals surface area contributed by atoms with Gasteiger partial charge in [-0.15, -0.1) is 0 Å². The zero-order valence-corrected chi connectivity index (χ0v) is 31.1. The maximum atomic E-state index is 15.1. The molecule has 1 aromatic heterocycles. The summed E-state index contributed by atoms with van der Waals surface area (Å²) in [5, 5.41) is 8.00. The van der Waals surface area contributed by atoms with E-state index in [2.05, 4.69) is 15.1 Å². The second kappa shape index (κ2) is 15.1. The lowest BCUT2D eigenvalue weighted by Gasteiger charge is -2.55. The molecule has 9 rings (SSSR count). The van der Waals surface area contributed by atoms with Crippen molar-refractivity contribution in [3.8, 4) is 0 Å². The predicted molar refractivity (Wildman–Crippen MR) is 201 cm³/mol. The minimum atomic E-state index is -0.597. The average molecular weight is 742 g/mol. The lowest BCUT2D eigenvalue weighted by molar-refractivity contribution is -0.203. The smallest absolute Gasteiger partial charge is 0.272 e. The first-order chi connectivity index (χ1) is 26.1. The van der Waals surface area contributed by atoms with Gasteiger partial charge in [0.1, 0.15) is 5.82 Å². The number of piperazine rings is 2. The maximum absolute atomic E-state index is 15.1. The van der Waals surface area contributed by atoms with Crippen molar-refractivity contribution in [1.82, 2.24) is 29.8 Å². The predicted octanol–water partition coefficient (Wildman–Crippen LogP) is 3.32. The van der Waals surface area contributed by atoms with Crippen LogP contribution in [-0.2, 0) is 20.7 Å². The van der Waals surface area contributed by atoms with E-state index in [1.807, 2.05) is 21.9 Å². The topological polar surface area (TPSA) is 145 Å². The Labute approximate surface area is 315 Å². The number of hydrogen-bond donors (Lipinski definition) is 2. The van der Waals surface area contributed by atoms with Crippen LogP contribution in [0.5, 0.6) is 0 Å². The van der Waals surface area contributed by atoms with Crippen molar-refractivity contribution in [3.63, 3.8) is 0 Å². The minimum Gasteiger partial charge on any atom is -0.373 e. The van der Waals surface area contributed by atoms with E-state index in [9.17, 15) is 19.2 Å². The quantitative estimate of drug-likeness (QED) is 0.358. The van der Waals surface area contributed by atoms with Gasteiger partial charge in [-0.1, -0.05) is 43.5 Å². The SMILES string of the molecule is N[C@@H](C(=O)N1CCN(CC23CCC(C(=O)N4CCN(C(=O)c5cc(Cc6n[nH]c(=O)c7ccccc67)ccc5F)CC4)(CC2)CO3)CC1)C1CCCCC1. The van der Waals surface area contributed by atoms with Gasteiger partial charge < -0.3 is 25.2 Å². The van der Waals surface area contributed by atoms with E-state index in [0.29, 0.717) is 80.2 Å². The first-order valence-electron chi connectivity index (χ1n) is 19.9. The molecule has 6 aliphatic rings. The lowest BCUT2D eigenvalue weighted by atomic mass is 9.65. The zero-order valence-electron chi connectivity index (χ0n) is 31.1. The van der Waals surface area contributed by atoms with Crippen LogP contribution in [0.25, 0.3) is 10.8 Å². The van der Waals surface area contributed by atoms with Crippen LogP contribution in [0.1, 0.15) is 79.4 Å². The van der Waals surface area contributed by atoms with Gasteiger partial charge in [0.05, 0.1) is 40.3 Å². The number of nitrogens with two attached hydrogens (primary N) is 1. The molecule has 2 aromatic carbocycles. The number of aromatic amines is 1. The van der Waals surface area contributed by atoms with E-state index in [1.54, 1.807) is 29.2 Å². The average Bonchev–Trinajstić information content (AvgIpc) is 3.23. The van der Waals surface area contributed by atoms with Crippen LogP contribution in [0.3, 0.4) is 0 Å². The Morgan fingerprint density at radius 1 is 0.870 bits per heavy atom. The van der Waals surface area contributed by atoms with Gasteiger partial charge in [0, 0.05) is 70.7 Å². The molecule has 2 saturated carbocycles. The summed E-state index contributed by atoms with van der Waals surface area (Å²) in [5.74, 6) is -0.492. The first-order valence-corrected chi connectivity index (χ1v) is 19.9. The van der Waals surface area contributed by atoms with E-state index in [0.717, 1.165) is 58.2 Å². The van der Waals surface area contributed by atoms with Crippen molar-refractivity contribution in [2.45, 2.75) is 75.9 Å². The van der Waals surface area contributed by atoms with Gasteiger partial charge in [0.25, 0.3) is 11.5 Å². The monoisotopic (exact) mass is 741 g/mol. The molecule has 3 amide bonds. The molecule has 0 spiro atoms. The third kappa shape index (κ3) is 7.17. The van der Waals surface area contributed by atoms with Crippen LogP contribution in [-0.4, -0.2) is 125 Å². The van der Waals surface area contributed by atoms with Crippen LogP contribution in [0, 0.1) is 17.2 Å². The van der Waals surface area contributed by atoms with Crippen LogP contribution in [0.15, 0.2) is 47.3 Å². The van der Waals surface area contributed by atoms with Crippen LogP contribution >= 0.6 is 0 Å². The van der Waals surface area contributed by atoms with Crippen LogP contribution in [0.2, 0.25) is 0 Å². The molecule has 0 unspecified atom stereocenters. The number of fused-ring (bicyclic) bond motifs is 4. The molecule has 5 heterocycles. The fourth-order valence-corrected chi connectivity index (χ4v) is 9.65. The summed E-state index contributed by atoms with van der Waals surface area (Å²) in [4.78, 5) is 60.9. The number of ether oxygens (including phenoxy) is 1. The highest BCUT2D eigenvalue weighted by Crippen LogP contribution is 2.50. The molecule has 3 aromatic rings. The Hall–Kier alpha value is -4.20. The molecule has 54 heavy (non-hydrogen) atoms. The molecule has 288 valence electrons. The van der Waals surface area contributed by atoms with Crippen molar-refractivity contribution < 1.29 is 23.5 Å². The van der Waals surface area contributed by atoms with E-state index >= 15 is 4.39 Å².